The molecule has 22 heavy (non-hydrogen) atoms. The number of benzene rings is 2. The van der Waals surface area contributed by atoms with Gasteiger partial charge in [-0.15, -0.1) is 11.8 Å². The summed E-state index contributed by atoms with van der Waals surface area (Å²) in [5.41, 5.74) is 7.11. The number of ether oxygens (including phenoxy) is 1. The summed E-state index contributed by atoms with van der Waals surface area (Å²) >= 11 is 7.64. The fourth-order valence-corrected chi connectivity index (χ4v) is 2.88. The van der Waals surface area contributed by atoms with E-state index in [1.165, 1.54) is 11.8 Å². The van der Waals surface area contributed by atoms with E-state index in [9.17, 15) is 4.79 Å². The maximum atomic E-state index is 10.9. The Balaban J connectivity index is 2.06. The van der Waals surface area contributed by atoms with Crippen molar-refractivity contribution in [3.8, 4) is 5.75 Å². The first-order valence-electron chi connectivity index (χ1n) is 6.66. The summed E-state index contributed by atoms with van der Waals surface area (Å²) in [4.78, 5) is 11.9. The number of methoxy groups -OCH3 is 1. The summed E-state index contributed by atoms with van der Waals surface area (Å²) in [6, 6.07) is 13.4. The summed E-state index contributed by atoms with van der Waals surface area (Å²) in [6.45, 7) is 0.580. The number of carbonyl (C=O) groups excluding carboxylic acids is 1. The number of anilines is 1. The maximum Gasteiger partial charge on any atom is 0.227 e. The van der Waals surface area contributed by atoms with E-state index in [4.69, 9.17) is 22.1 Å². The highest BCUT2D eigenvalue weighted by Crippen LogP contribution is 2.28. The minimum Gasteiger partial charge on any atom is -0.497 e. The van der Waals surface area contributed by atoms with Crippen LogP contribution in [0.2, 0.25) is 5.02 Å². The molecule has 6 heteroatoms. The lowest BCUT2D eigenvalue weighted by atomic mass is 10.2. The fourth-order valence-electron chi connectivity index (χ4n) is 1.88. The molecular weight excluding hydrogens is 320 g/mol. The van der Waals surface area contributed by atoms with Crippen molar-refractivity contribution in [1.29, 1.82) is 0 Å². The van der Waals surface area contributed by atoms with Crippen molar-refractivity contribution in [3.05, 3.63) is 53.1 Å². The zero-order valence-electron chi connectivity index (χ0n) is 12.1. The van der Waals surface area contributed by atoms with E-state index < -0.39 is 0 Å². The van der Waals surface area contributed by atoms with Crippen molar-refractivity contribution in [2.45, 2.75) is 11.4 Å². The van der Waals surface area contributed by atoms with Crippen molar-refractivity contribution in [1.82, 2.24) is 0 Å². The minimum atomic E-state index is -0.335. The second-order valence-corrected chi connectivity index (χ2v) is 5.99. The molecule has 116 valence electrons. The van der Waals surface area contributed by atoms with Gasteiger partial charge in [-0.05, 0) is 29.8 Å². The second kappa shape index (κ2) is 7.96. The quantitative estimate of drug-likeness (QED) is 0.759. The lowest BCUT2D eigenvalue weighted by Gasteiger charge is -2.12. The van der Waals surface area contributed by atoms with Gasteiger partial charge in [0.2, 0.25) is 5.91 Å². The molecule has 0 aromatic heterocycles. The summed E-state index contributed by atoms with van der Waals surface area (Å²) in [6.07, 6.45) is 0. The van der Waals surface area contributed by atoms with Crippen molar-refractivity contribution in [2.75, 3.05) is 18.2 Å². The molecule has 0 aliphatic carbocycles. The smallest absolute Gasteiger partial charge is 0.227 e. The van der Waals surface area contributed by atoms with E-state index in [-0.39, 0.29) is 11.7 Å². The highest BCUT2D eigenvalue weighted by molar-refractivity contribution is 8.00. The first kappa shape index (κ1) is 16.5. The Bertz CT molecular complexity index is 664. The number of nitrogens with two attached hydrogens (primary N) is 1. The van der Waals surface area contributed by atoms with Gasteiger partial charge in [0, 0.05) is 22.2 Å². The number of halogens is 1. The molecule has 0 saturated heterocycles. The van der Waals surface area contributed by atoms with Crippen LogP contribution in [0.4, 0.5) is 5.69 Å². The largest absolute Gasteiger partial charge is 0.497 e. The maximum absolute atomic E-state index is 10.9. The average molecular weight is 337 g/mol. The molecule has 4 nitrogen and oxygen atoms in total. The van der Waals surface area contributed by atoms with Crippen LogP contribution in [0.15, 0.2) is 47.4 Å². The van der Waals surface area contributed by atoms with Crippen molar-refractivity contribution in [3.63, 3.8) is 0 Å². The van der Waals surface area contributed by atoms with Crippen LogP contribution >= 0.6 is 23.4 Å². The van der Waals surface area contributed by atoms with Crippen molar-refractivity contribution in [2.24, 2.45) is 5.73 Å². The molecule has 0 atom stereocenters. The Morgan fingerprint density at radius 2 is 2.09 bits per heavy atom. The number of hydrogen-bond donors (Lipinski definition) is 2. The molecule has 3 N–H and O–H groups in total. The van der Waals surface area contributed by atoms with Crippen LogP contribution in [-0.4, -0.2) is 18.8 Å². The van der Waals surface area contributed by atoms with Crippen LogP contribution in [0, 0.1) is 0 Å². The van der Waals surface area contributed by atoms with Gasteiger partial charge in [-0.25, -0.2) is 0 Å². The first-order valence-corrected chi connectivity index (χ1v) is 8.03. The molecule has 0 spiro atoms. The van der Waals surface area contributed by atoms with Gasteiger partial charge in [0.1, 0.15) is 5.75 Å². The number of rotatable bonds is 7. The van der Waals surface area contributed by atoms with Gasteiger partial charge in [0.05, 0.1) is 12.9 Å². The number of amides is 1. The van der Waals surface area contributed by atoms with Crippen molar-refractivity contribution >= 4 is 35.0 Å². The summed E-state index contributed by atoms with van der Waals surface area (Å²) in [7, 11) is 1.61. The van der Waals surface area contributed by atoms with Crippen LogP contribution < -0.4 is 15.8 Å². The highest BCUT2D eigenvalue weighted by Gasteiger charge is 2.06. The predicted octanol–water partition coefficient (Wildman–Crippen LogP) is 3.54. The molecule has 0 radical (unpaired) electrons. The van der Waals surface area contributed by atoms with Gasteiger partial charge in [-0.3, -0.25) is 4.79 Å². The number of hydrogen-bond acceptors (Lipinski definition) is 4. The van der Waals surface area contributed by atoms with Crippen LogP contribution in [-0.2, 0) is 11.3 Å². The summed E-state index contributed by atoms with van der Waals surface area (Å²) in [5, 5.41) is 3.98. The van der Waals surface area contributed by atoms with Crippen LogP contribution in [0.25, 0.3) is 0 Å². The third-order valence-electron chi connectivity index (χ3n) is 2.99. The van der Waals surface area contributed by atoms with E-state index in [2.05, 4.69) is 5.32 Å². The van der Waals surface area contributed by atoms with Crippen molar-refractivity contribution < 1.29 is 9.53 Å². The number of primary amides is 1. The van der Waals surface area contributed by atoms with E-state index in [0.717, 1.165) is 21.9 Å². The first-order chi connectivity index (χ1) is 10.6. The molecule has 2 aromatic carbocycles. The topological polar surface area (TPSA) is 64.3 Å². The molecule has 0 saturated carbocycles. The number of nitrogens with one attached hydrogen (secondary N) is 1. The van der Waals surface area contributed by atoms with Gasteiger partial charge in [-0.1, -0.05) is 29.8 Å². The molecule has 0 heterocycles. The SMILES string of the molecule is COc1ccc(CNc2ccccc2SCC(N)=O)c(Cl)c1. The third-order valence-corrected chi connectivity index (χ3v) is 4.43. The number of carbonyl (C=O) groups is 1. The predicted molar refractivity (Wildman–Crippen MR) is 91.7 cm³/mol. The molecule has 0 aliphatic rings. The standard InChI is InChI=1S/C16H17ClN2O2S/c1-21-12-7-6-11(13(17)8-12)9-19-14-4-2-3-5-15(14)22-10-16(18)20/h2-8,19H,9-10H2,1H3,(H2,18,20). The highest BCUT2D eigenvalue weighted by atomic mass is 35.5. The lowest BCUT2D eigenvalue weighted by molar-refractivity contribution is -0.115. The molecule has 0 fully saturated rings. The number of thioether (sulfide) groups is 1. The van der Waals surface area contributed by atoms with E-state index in [1.807, 2.05) is 36.4 Å². The zero-order valence-corrected chi connectivity index (χ0v) is 13.7. The molecule has 0 aliphatic heterocycles. The minimum absolute atomic E-state index is 0.252. The Morgan fingerprint density at radius 3 is 2.77 bits per heavy atom. The zero-order chi connectivity index (χ0) is 15.9. The van der Waals surface area contributed by atoms with Crippen LogP contribution in [0.1, 0.15) is 5.56 Å². The number of para-hydroxylation sites is 1. The van der Waals surface area contributed by atoms with Gasteiger partial charge in [0.25, 0.3) is 0 Å². The molecule has 0 unspecified atom stereocenters. The fraction of sp³-hybridized carbons (Fsp3) is 0.188. The van der Waals surface area contributed by atoms with Gasteiger partial charge < -0.3 is 15.8 Å². The van der Waals surface area contributed by atoms with E-state index >= 15 is 0 Å². The van der Waals surface area contributed by atoms with Gasteiger partial charge in [-0.2, -0.15) is 0 Å². The Morgan fingerprint density at radius 1 is 1.32 bits per heavy atom. The average Bonchev–Trinajstić information content (AvgIpc) is 2.52. The van der Waals surface area contributed by atoms with Crippen LogP contribution in [0.5, 0.6) is 5.75 Å². The Hall–Kier alpha value is -1.85. The molecular formula is C16H17ClN2O2S. The molecule has 2 aromatic rings. The monoisotopic (exact) mass is 336 g/mol. The summed E-state index contributed by atoms with van der Waals surface area (Å²) < 4.78 is 5.13. The Labute approximate surface area is 139 Å². The third kappa shape index (κ3) is 4.58. The summed E-state index contributed by atoms with van der Waals surface area (Å²) in [5.74, 6) is 0.645. The van der Waals surface area contributed by atoms with Crippen LogP contribution in [0.3, 0.4) is 0 Å². The van der Waals surface area contributed by atoms with Gasteiger partial charge in [0.15, 0.2) is 0 Å². The molecule has 1 amide bonds. The van der Waals surface area contributed by atoms with E-state index in [1.54, 1.807) is 13.2 Å². The lowest BCUT2D eigenvalue weighted by Crippen LogP contribution is -2.13. The normalized spacial score (nSPS) is 10.3. The molecule has 2 rings (SSSR count). The van der Waals surface area contributed by atoms with E-state index in [0.29, 0.717) is 11.6 Å². The molecule has 0 bridgehead atoms. The van der Waals surface area contributed by atoms with Gasteiger partial charge >= 0.3 is 0 Å². The Kier molecular flexibility index (Phi) is 5.98. The second-order valence-electron chi connectivity index (χ2n) is 4.56.